The van der Waals surface area contributed by atoms with Crippen LogP contribution in [-0.2, 0) is 0 Å². The lowest BCUT2D eigenvalue weighted by Crippen LogP contribution is -2.74. The maximum atomic E-state index is 2.47. The normalized spacial score (nSPS) is 11.8. The Morgan fingerprint density at radius 3 is 1.03 bits per heavy atom. The monoisotopic (exact) mass is 894 g/mol. The first-order valence-electron chi connectivity index (χ1n) is 23.8. The average molecular weight is 895 g/mol. The molecule has 0 aliphatic carbocycles. The second-order valence-corrected chi connectivity index (χ2v) is 21.9. The quantitative estimate of drug-likeness (QED) is 0.101. The van der Waals surface area contributed by atoms with E-state index in [0.29, 0.717) is 0 Å². The van der Waals surface area contributed by atoms with Gasteiger partial charge >= 0.3 is 0 Å². The first-order valence-corrected chi connectivity index (χ1v) is 25.8. The van der Waals surface area contributed by atoms with Crippen molar-refractivity contribution in [2.75, 3.05) is 0 Å². The van der Waals surface area contributed by atoms with Gasteiger partial charge in [0.1, 0.15) is 0 Å². The molecule has 13 rings (SSSR count). The van der Waals surface area contributed by atoms with Crippen LogP contribution in [0.2, 0.25) is 0 Å². The van der Waals surface area contributed by atoms with E-state index < -0.39 is 8.07 Å². The fraction of sp³-hybridized carbons (Fsp3) is 0. The minimum Gasteiger partial charge on any atom is -0.309 e. The number of benzene rings is 11. The molecule has 0 fully saturated rings. The van der Waals surface area contributed by atoms with Crippen LogP contribution in [0.4, 0.5) is 0 Å². The number of fused-ring (bicyclic) bond motifs is 6. The molecule has 13 aromatic rings. The number of nitrogens with zero attached hydrogens (tertiary/aromatic N) is 2. The van der Waals surface area contributed by atoms with Gasteiger partial charge in [-0.3, -0.25) is 0 Å². The number of para-hydroxylation sites is 2. The molecule has 0 radical (unpaired) electrons. The second-order valence-electron chi connectivity index (χ2n) is 18.1. The smallest absolute Gasteiger partial charge is 0.179 e. The van der Waals surface area contributed by atoms with Crippen molar-refractivity contribution in [1.29, 1.82) is 0 Å². The molecule has 2 nitrogen and oxygen atoms in total. The van der Waals surface area contributed by atoms with Gasteiger partial charge in [-0.2, -0.15) is 0 Å². The highest BCUT2D eigenvalue weighted by atomic mass is 28.3. The number of aromatic nitrogens is 2. The molecule has 3 heteroatoms. The van der Waals surface area contributed by atoms with Gasteiger partial charge in [0.2, 0.25) is 0 Å². The number of hydrogen-bond donors (Lipinski definition) is 0. The average Bonchev–Trinajstić information content (AvgIpc) is 3.95. The summed E-state index contributed by atoms with van der Waals surface area (Å²) < 4.78 is 4.88. The summed E-state index contributed by atoms with van der Waals surface area (Å²) in [4.78, 5) is 0. The van der Waals surface area contributed by atoms with Crippen LogP contribution in [0.1, 0.15) is 0 Å². The number of hydrogen-bond acceptors (Lipinski definition) is 0. The van der Waals surface area contributed by atoms with Gasteiger partial charge in [0, 0.05) is 32.9 Å². The van der Waals surface area contributed by atoms with E-state index >= 15 is 0 Å². The van der Waals surface area contributed by atoms with Crippen molar-refractivity contribution < 1.29 is 0 Å². The molecule has 11 aromatic carbocycles. The maximum absolute atomic E-state index is 2.74. The summed E-state index contributed by atoms with van der Waals surface area (Å²) >= 11 is 0. The predicted octanol–water partition coefficient (Wildman–Crippen LogP) is 14.3. The van der Waals surface area contributed by atoms with Crippen LogP contribution >= 0.6 is 0 Å². The highest BCUT2D eigenvalue weighted by molar-refractivity contribution is 7.19. The Bertz CT molecular complexity index is 3870. The molecular formula is C66H46N2Si. The molecule has 0 atom stereocenters. The Labute approximate surface area is 403 Å². The topological polar surface area (TPSA) is 9.86 Å². The third kappa shape index (κ3) is 6.78. The van der Waals surface area contributed by atoms with Crippen LogP contribution in [0.15, 0.2) is 279 Å². The van der Waals surface area contributed by atoms with E-state index in [9.17, 15) is 0 Å². The lowest BCUT2D eigenvalue weighted by Gasteiger charge is -2.34. The van der Waals surface area contributed by atoms with Crippen LogP contribution < -0.4 is 20.7 Å². The molecule has 0 saturated carbocycles. The van der Waals surface area contributed by atoms with Crippen LogP contribution in [-0.4, -0.2) is 17.2 Å². The fourth-order valence-electron chi connectivity index (χ4n) is 11.1. The van der Waals surface area contributed by atoms with Gasteiger partial charge in [-0.1, -0.05) is 218 Å². The summed E-state index contributed by atoms with van der Waals surface area (Å²) in [6.45, 7) is 0. The Hall–Kier alpha value is -8.76. The number of rotatable bonds is 9. The third-order valence-electron chi connectivity index (χ3n) is 14.3. The van der Waals surface area contributed by atoms with Crippen molar-refractivity contribution >= 4 is 72.4 Å². The Morgan fingerprint density at radius 2 is 0.551 bits per heavy atom. The minimum absolute atomic E-state index is 1.15. The standard InChI is InChI=1S/C66H46N2Si/c1-5-18-47(19-6-1)48-32-34-49(35-33-48)50-36-40-53(41-37-50)67-63-30-15-13-28-59(63)61-44-51(38-42-65(61)67)52-39-43-66-62(45-52)60-29-14-16-31-64(60)68(66)54-20-17-27-58(46-54)69(55-21-7-2-8-22-55,56-23-9-3-10-24-56)57-25-11-4-12-26-57/h1-46H. The van der Waals surface area contributed by atoms with E-state index in [0.717, 1.165) is 11.4 Å². The molecule has 2 aromatic heterocycles. The molecule has 2 heterocycles. The van der Waals surface area contributed by atoms with Gasteiger partial charge in [-0.25, -0.2) is 0 Å². The predicted molar refractivity (Wildman–Crippen MR) is 295 cm³/mol. The molecule has 0 saturated heterocycles. The zero-order chi connectivity index (χ0) is 45.7. The van der Waals surface area contributed by atoms with E-state index in [-0.39, 0.29) is 0 Å². The lowest BCUT2D eigenvalue weighted by molar-refractivity contribution is 1.18. The summed E-state index contributed by atoms with van der Waals surface area (Å²) in [7, 11) is -2.74. The van der Waals surface area contributed by atoms with Gasteiger partial charge < -0.3 is 9.13 Å². The summed E-state index contributed by atoms with van der Waals surface area (Å²) in [6, 6.07) is 103. The highest BCUT2D eigenvalue weighted by Crippen LogP contribution is 2.39. The molecule has 0 amide bonds. The third-order valence-corrected chi connectivity index (χ3v) is 19.1. The molecule has 69 heavy (non-hydrogen) atoms. The van der Waals surface area contributed by atoms with Crippen molar-refractivity contribution in [3.05, 3.63) is 279 Å². The first-order chi connectivity index (χ1) is 34.2. The fourth-order valence-corrected chi connectivity index (χ4v) is 15.9. The maximum Gasteiger partial charge on any atom is 0.179 e. The first kappa shape index (κ1) is 40.5. The van der Waals surface area contributed by atoms with E-state index in [2.05, 4.69) is 288 Å². The molecular weight excluding hydrogens is 849 g/mol. The van der Waals surface area contributed by atoms with Gasteiger partial charge in [0.15, 0.2) is 8.07 Å². The van der Waals surface area contributed by atoms with E-state index in [1.807, 2.05) is 0 Å². The molecule has 324 valence electrons. The summed E-state index contributed by atoms with van der Waals surface area (Å²) in [6.07, 6.45) is 0. The molecule has 0 N–H and O–H groups in total. The van der Waals surface area contributed by atoms with Crippen LogP contribution in [0.3, 0.4) is 0 Å². The van der Waals surface area contributed by atoms with Crippen molar-refractivity contribution in [3.8, 4) is 44.8 Å². The molecule has 0 aliphatic heterocycles. The summed E-state index contributed by atoms with van der Waals surface area (Å²) in [5.74, 6) is 0. The lowest BCUT2D eigenvalue weighted by atomic mass is 10.00. The Kier molecular flexibility index (Phi) is 9.88. The van der Waals surface area contributed by atoms with Crippen molar-refractivity contribution in [3.63, 3.8) is 0 Å². The Morgan fingerprint density at radius 1 is 0.203 bits per heavy atom. The van der Waals surface area contributed by atoms with Crippen LogP contribution in [0, 0.1) is 0 Å². The van der Waals surface area contributed by atoms with E-state index in [1.165, 1.54) is 97.7 Å². The largest absolute Gasteiger partial charge is 0.309 e. The van der Waals surface area contributed by atoms with E-state index in [4.69, 9.17) is 0 Å². The van der Waals surface area contributed by atoms with E-state index in [1.54, 1.807) is 0 Å². The zero-order valence-corrected chi connectivity index (χ0v) is 39.0. The van der Waals surface area contributed by atoms with Crippen LogP contribution in [0.5, 0.6) is 0 Å². The van der Waals surface area contributed by atoms with Crippen molar-refractivity contribution in [1.82, 2.24) is 9.13 Å². The minimum atomic E-state index is -2.74. The second kappa shape index (κ2) is 16.8. The SMILES string of the molecule is c1ccc(-c2ccc(-c3ccc(-n4c5ccccc5c5cc(-c6ccc7c(c6)c6ccccc6n7-c6cccc([Si](c7ccccc7)(c7ccccc7)c7ccccc7)c6)ccc54)cc3)cc2)cc1. The van der Waals surface area contributed by atoms with Gasteiger partial charge in [0.25, 0.3) is 0 Å². The van der Waals surface area contributed by atoms with Gasteiger partial charge in [-0.05, 0) is 115 Å². The Balaban J connectivity index is 0.904. The van der Waals surface area contributed by atoms with Gasteiger partial charge in [0.05, 0.1) is 22.1 Å². The van der Waals surface area contributed by atoms with Crippen molar-refractivity contribution in [2.45, 2.75) is 0 Å². The van der Waals surface area contributed by atoms with Crippen LogP contribution in [0.25, 0.3) is 88.4 Å². The summed E-state index contributed by atoms with van der Waals surface area (Å²) in [5, 5.41) is 10.4. The summed E-state index contributed by atoms with van der Waals surface area (Å²) in [5.41, 5.74) is 14.4. The molecule has 0 spiro atoms. The molecule has 0 bridgehead atoms. The zero-order valence-electron chi connectivity index (χ0n) is 38.0. The molecule has 0 unspecified atom stereocenters. The van der Waals surface area contributed by atoms with Gasteiger partial charge in [-0.15, -0.1) is 0 Å². The highest BCUT2D eigenvalue weighted by Gasteiger charge is 2.41. The van der Waals surface area contributed by atoms with Crippen molar-refractivity contribution in [2.24, 2.45) is 0 Å². The molecule has 0 aliphatic rings.